The summed E-state index contributed by atoms with van der Waals surface area (Å²) >= 11 is 0. The standard InChI is InChI=1S/C13H7F3N2O3/c14-8-3-7(4-9(15)5-8)13(19)17-12-6-10(18(20)21)1-2-11(12)16/h1-6H,(H,17,19). The van der Waals surface area contributed by atoms with E-state index in [0.29, 0.717) is 6.07 Å². The lowest BCUT2D eigenvalue weighted by atomic mass is 10.2. The van der Waals surface area contributed by atoms with Crippen molar-refractivity contribution in [2.75, 3.05) is 5.32 Å². The zero-order valence-corrected chi connectivity index (χ0v) is 10.3. The van der Waals surface area contributed by atoms with Crippen LogP contribution in [0.15, 0.2) is 36.4 Å². The van der Waals surface area contributed by atoms with Crippen molar-refractivity contribution in [2.45, 2.75) is 0 Å². The number of non-ortho nitro benzene ring substituents is 1. The van der Waals surface area contributed by atoms with Crippen LogP contribution in [0.3, 0.4) is 0 Å². The molecular formula is C13H7F3N2O3. The van der Waals surface area contributed by atoms with Gasteiger partial charge in [0, 0.05) is 23.8 Å². The molecule has 1 N–H and O–H groups in total. The number of nitro groups is 1. The van der Waals surface area contributed by atoms with Crippen molar-refractivity contribution in [1.29, 1.82) is 0 Å². The van der Waals surface area contributed by atoms with Crippen molar-refractivity contribution in [1.82, 2.24) is 0 Å². The number of hydrogen-bond acceptors (Lipinski definition) is 3. The number of nitrogens with one attached hydrogen (secondary N) is 1. The van der Waals surface area contributed by atoms with Gasteiger partial charge in [-0.15, -0.1) is 0 Å². The molecule has 1 amide bonds. The number of hydrogen-bond donors (Lipinski definition) is 1. The molecule has 0 aliphatic heterocycles. The molecule has 0 aliphatic carbocycles. The fraction of sp³-hybridized carbons (Fsp3) is 0. The average Bonchev–Trinajstić information content (AvgIpc) is 2.39. The Hall–Kier alpha value is -2.90. The summed E-state index contributed by atoms with van der Waals surface area (Å²) in [5.74, 6) is -3.85. The second kappa shape index (κ2) is 5.61. The van der Waals surface area contributed by atoms with Crippen LogP contribution >= 0.6 is 0 Å². The van der Waals surface area contributed by atoms with Gasteiger partial charge in [-0.3, -0.25) is 14.9 Å². The fourth-order valence-electron chi connectivity index (χ4n) is 1.60. The van der Waals surface area contributed by atoms with Gasteiger partial charge in [0.2, 0.25) is 0 Å². The number of carbonyl (C=O) groups excluding carboxylic acids is 1. The first-order chi connectivity index (χ1) is 9.86. The highest BCUT2D eigenvalue weighted by atomic mass is 19.1. The Morgan fingerprint density at radius 2 is 1.67 bits per heavy atom. The molecule has 8 heteroatoms. The number of carbonyl (C=O) groups is 1. The number of nitrogens with zero attached hydrogens (tertiary/aromatic N) is 1. The first kappa shape index (κ1) is 14.5. The molecule has 2 aromatic carbocycles. The lowest BCUT2D eigenvalue weighted by Gasteiger charge is -2.06. The van der Waals surface area contributed by atoms with E-state index >= 15 is 0 Å². The van der Waals surface area contributed by atoms with E-state index in [0.717, 1.165) is 30.3 Å². The summed E-state index contributed by atoms with van der Waals surface area (Å²) in [5, 5.41) is 12.6. The molecule has 0 radical (unpaired) electrons. The van der Waals surface area contributed by atoms with Crippen molar-refractivity contribution in [2.24, 2.45) is 0 Å². The number of nitro benzene ring substituents is 1. The Balaban J connectivity index is 2.31. The topological polar surface area (TPSA) is 72.2 Å². The predicted octanol–water partition coefficient (Wildman–Crippen LogP) is 3.26. The maximum absolute atomic E-state index is 13.5. The molecule has 108 valence electrons. The van der Waals surface area contributed by atoms with Crippen molar-refractivity contribution >= 4 is 17.3 Å². The summed E-state index contributed by atoms with van der Waals surface area (Å²) in [7, 11) is 0. The number of halogens is 3. The van der Waals surface area contributed by atoms with E-state index < -0.39 is 39.7 Å². The summed E-state index contributed by atoms with van der Waals surface area (Å²) in [5.41, 5.74) is -1.27. The molecule has 2 rings (SSSR count). The maximum Gasteiger partial charge on any atom is 0.271 e. The van der Waals surface area contributed by atoms with Gasteiger partial charge in [-0.25, -0.2) is 13.2 Å². The summed E-state index contributed by atoms with van der Waals surface area (Å²) in [6, 6.07) is 4.63. The second-order valence-corrected chi connectivity index (χ2v) is 4.03. The Morgan fingerprint density at radius 3 is 2.24 bits per heavy atom. The fourth-order valence-corrected chi connectivity index (χ4v) is 1.60. The highest BCUT2D eigenvalue weighted by Gasteiger charge is 2.15. The van der Waals surface area contributed by atoms with Gasteiger partial charge in [0.25, 0.3) is 11.6 Å². The molecular weight excluding hydrogens is 289 g/mol. The van der Waals surface area contributed by atoms with Crippen LogP contribution in [-0.4, -0.2) is 10.8 Å². The lowest BCUT2D eigenvalue weighted by Crippen LogP contribution is -2.13. The second-order valence-electron chi connectivity index (χ2n) is 4.03. The minimum absolute atomic E-state index is 0.376. The van der Waals surface area contributed by atoms with E-state index in [-0.39, 0.29) is 5.56 Å². The van der Waals surface area contributed by atoms with Gasteiger partial charge in [-0.05, 0) is 18.2 Å². The molecule has 2 aromatic rings. The molecule has 0 aromatic heterocycles. The van der Waals surface area contributed by atoms with Gasteiger partial charge in [-0.2, -0.15) is 0 Å². The third-order valence-electron chi connectivity index (χ3n) is 2.53. The molecule has 0 spiro atoms. The van der Waals surface area contributed by atoms with Crippen LogP contribution in [0.25, 0.3) is 0 Å². The van der Waals surface area contributed by atoms with Crippen LogP contribution in [0.4, 0.5) is 24.5 Å². The van der Waals surface area contributed by atoms with E-state index in [1.165, 1.54) is 0 Å². The van der Waals surface area contributed by atoms with E-state index in [2.05, 4.69) is 0 Å². The van der Waals surface area contributed by atoms with E-state index in [4.69, 9.17) is 0 Å². The van der Waals surface area contributed by atoms with Crippen LogP contribution < -0.4 is 5.32 Å². The van der Waals surface area contributed by atoms with Gasteiger partial charge in [0.15, 0.2) is 0 Å². The van der Waals surface area contributed by atoms with Crippen molar-refractivity contribution in [3.63, 3.8) is 0 Å². The zero-order chi connectivity index (χ0) is 15.6. The Kier molecular flexibility index (Phi) is 3.88. The zero-order valence-electron chi connectivity index (χ0n) is 10.3. The van der Waals surface area contributed by atoms with Gasteiger partial charge >= 0.3 is 0 Å². The quantitative estimate of drug-likeness (QED) is 0.698. The Bertz CT molecular complexity index is 714. The minimum atomic E-state index is -0.993. The van der Waals surface area contributed by atoms with Gasteiger partial charge < -0.3 is 5.32 Å². The third-order valence-corrected chi connectivity index (χ3v) is 2.53. The lowest BCUT2D eigenvalue weighted by molar-refractivity contribution is -0.384. The number of anilines is 1. The van der Waals surface area contributed by atoms with Crippen LogP contribution in [0.1, 0.15) is 10.4 Å². The van der Waals surface area contributed by atoms with Crippen LogP contribution in [0.2, 0.25) is 0 Å². The highest BCUT2D eigenvalue weighted by Crippen LogP contribution is 2.22. The number of rotatable bonds is 3. The molecule has 21 heavy (non-hydrogen) atoms. The molecule has 0 unspecified atom stereocenters. The predicted molar refractivity (Wildman–Crippen MR) is 67.4 cm³/mol. The monoisotopic (exact) mass is 296 g/mol. The molecule has 0 saturated heterocycles. The van der Waals surface area contributed by atoms with Crippen LogP contribution in [-0.2, 0) is 0 Å². The smallest absolute Gasteiger partial charge is 0.271 e. The molecule has 0 fully saturated rings. The van der Waals surface area contributed by atoms with Gasteiger partial charge in [0.05, 0.1) is 10.6 Å². The normalized spacial score (nSPS) is 10.2. The maximum atomic E-state index is 13.5. The molecule has 5 nitrogen and oxygen atoms in total. The molecule has 0 atom stereocenters. The molecule has 0 aliphatic rings. The summed E-state index contributed by atoms with van der Waals surface area (Å²) in [4.78, 5) is 21.6. The third kappa shape index (κ3) is 3.35. The largest absolute Gasteiger partial charge is 0.319 e. The van der Waals surface area contributed by atoms with Gasteiger partial charge in [-0.1, -0.05) is 0 Å². The van der Waals surface area contributed by atoms with E-state index in [1.807, 2.05) is 5.32 Å². The minimum Gasteiger partial charge on any atom is -0.319 e. The number of benzene rings is 2. The highest BCUT2D eigenvalue weighted by molar-refractivity contribution is 6.04. The first-order valence-electron chi connectivity index (χ1n) is 5.58. The van der Waals surface area contributed by atoms with Crippen molar-refractivity contribution in [3.8, 4) is 0 Å². The van der Waals surface area contributed by atoms with Crippen LogP contribution in [0, 0.1) is 27.6 Å². The average molecular weight is 296 g/mol. The summed E-state index contributed by atoms with van der Waals surface area (Å²) in [6.07, 6.45) is 0. The number of amides is 1. The molecule has 0 saturated carbocycles. The van der Waals surface area contributed by atoms with Gasteiger partial charge in [0.1, 0.15) is 17.5 Å². The summed E-state index contributed by atoms with van der Waals surface area (Å²) in [6.45, 7) is 0. The summed E-state index contributed by atoms with van der Waals surface area (Å²) < 4.78 is 39.5. The Morgan fingerprint density at radius 1 is 1.05 bits per heavy atom. The Labute approximate surface area is 116 Å². The molecule has 0 bridgehead atoms. The van der Waals surface area contributed by atoms with Crippen LogP contribution in [0.5, 0.6) is 0 Å². The molecule has 0 heterocycles. The first-order valence-corrected chi connectivity index (χ1v) is 5.58. The van der Waals surface area contributed by atoms with Crippen molar-refractivity contribution in [3.05, 3.63) is 69.5 Å². The van der Waals surface area contributed by atoms with E-state index in [9.17, 15) is 28.1 Å². The van der Waals surface area contributed by atoms with E-state index in [1.54, 1.807) is 0 Å². The SMILES string of the molecule is O=C(Nc1cc([N+](=O)[O-])ccc1F)c1cc(F)cc(F)c1. The van der Waals surface area contributed by atoms with Crippen molar-refractivity contribution < 1.29 is 22.9 Å².